The van der Waals surface area contributed by atoms with Crippen molar-refractivity contribution in [1.82, 2.24) is 15.3 Å². The van der Waals surface area contributed by atoms with E-state index < -0.39 is 0 Å². The van der Waals surface area contributed by atoms with E-state index in [4.69, 9.17) is 5.26 Å². The number of nitrogens with one attached hydrogen (secondary N) is 1. The average Bonchev–Trinajstić information content (AvgIpc) is 3.09. The van der Waals surface area contributed by atoms with Crippen LogP contribution in [0.1, 0.15) is 35.4 Å². The van der Waals surface area contributed by atoms with Gasteiger partial charge in [0.15, 0.2) is 0 Å². The summed E-state index contributed by atoms with van der Waals surface area (Å²) < 4.78 is 0. The quantitative estimate of drug-likeness (QED) is 0.919. The number of benzene rings is 1. The first kappa shape index (κ1) is 15.4. The maximum Gasteiger partial charge on any atom is 0.225 e. The number of aromatic nitrogens is 2. The maximum atomic E-state index is 8.94. The van der Waals surface area contributed by atoms with Gasteiger partial charge in [0.25, 0.3) is 0 Å². The van der Waals surface area contributed by atoms with Crippen LogP contribution < -0.4 is 10.2 Å². The Labute approximate surface area is 137 Å². The van der Waals surface area contributed by atoms with Gasteiger partial charge in [0.2, 0.25) is 5.95 Å². The maximum absolute atomic E-state index is 8.94. The van der Waals surface area contributed by atoms with Gasteiger partial charge in [-0.05, 0) is 43.5 Å². The number of aryl methyl sites for hydroxylation is 1. The number of hydrogen-bond donors (Lipinski definition) is 1. The van der Waals surface area contributed by atoms with E-state index in [1.54, 1.807) is 0 Å². The first-order valence-electron chi connectivity index (χ1n) is 8.04. The minimum Gasteiger partial charge on any atom is -0.341 e. The van der Waals surface area contributed by atoms with Gasteiger partial charge in [0.05, 0.1) is 17.3 Å². The zero-order chi connectivity index (χ0) is 16.1. The van der Waals surface area contributed by atoms with Crippen LogP contribution in [0.2, 0.25) is 0 Å². The fraction of sp³-hybridized carbons (Fsp3) is 0.389. The smallest absolute Gasteiger partial charge is 0.225 e. The Morgan fingerprint density at radius 1 is 1.17 bits per heavy atom. The van der Waals surface area contributed by atoms with E-state index in [1.165, 1.54) is 12.8 Å². The van der Waals surface area contributed by atoms with E-state index in [0.717, 1.165) is 42.5 Å². The molecule has 5 heteroatoms. The summed E-state index contributed by atoms with van der Waals surface area (Å²) in [5, 5.41) is 12.3. The van der Waals surface area contributed by atoms with Crippen molar-refractivity contribution in [3.8, 4) is 6.07 Å². The van der Waals surface area contributed by atoms with Gasteiger partial charge in [-0.2, -0.15) is 5.26 Å². The summed E-state index contributed by atoms with van der Waals surface area (Å²) in [4.78, 5) is 11.5. The fourth-order valence-corrected chi connectivity index (χ4v) is 2.85. The molecule has 1 aromatic heterocycles. The highest BCUT2D eigenvalue weighted by molar-refractivity contribution is 5.34. The predicted octanol–water partition coefficient (Wildman–Crippen LogP) is 2.55. The van der Waals surface area contributed by atoms with Gasteiger partial charge in [0, 0.05) is 31.9 Å². The summed E-state index contributed by atoms with van der Waals surface area (Å²) in [6.07, 6.45) is 2.44. The number of nitriles is 1. The molecule has 2 heterocycles. The van der Waals surface area contributed by atoms with Crippen LogP contribution >= 0.6 is 0 Å². The van der Waals surface area contributed by atoms with Gasteiger partial charge >= 0.3 is 0 Å². The molecule has 0 amide bonds. The molecule has 23 heavy (non-hydrogen) atoms. The third-order valence-corrected chi connectivity index (χ3v) is 3.98. The molecule has 1 saturated heterocycles. The Balaban J connectivity index is 1.62. The highest BCUT2D eigenvalue weighted by Crippen LogP contribution is 2.16. The molecule has 1 aromatic carbocycles. The lowest BCUT2D eigenvalue weighted by Gasteiger charge is -2.16. The molecule has 0 radical (unpaired) electrons. The molecule has 118 valence electrons. The number of hydrogen-bond acceptors (Lipinski definition) is 5. The second-order valence-corrected chi connectivity index (χ2v) is 5.91. The SMILES string of the molecule is Cc1cc(CNCc2cccc(C#N)c2)nc(N2CCCC2)n1. The van der Waals surface area contributed by atoms with E-state index in [1.807, 2.05) is 37.3 Å². The minimum atomic E-state index is 0.693. The third-order valence-electron chi connectivity index (χ3n) is 3.98. The number of rotatable bonds is 5. The molecule has 1 aliphatic rings. The summed E-state index contributed by atoms with van der Waals surface area (Å²) >= 11 is 0. The van der Waals surface area contributed by atoms with Crippen molar-refractivity contribution in [3.05, 3.63) is 52.8 Å². The minimum absolute atomic E-state index is 0.693. The van der Waals surface area contributed by atoms with Crippen LogP contribution in [0.5, 0.6) is 0 Å². The van der Waals surface area contributed by atoms with Crippen molar-refractivity contribution in [1.29, 1.82) is 5.26 Å². The van der Waals surface area contributed by atoms with Gasteiger partial charge in [-0.15, -0.1) is 0 Å². The van der Waals surface area contributed by atoms with Crippen LogP contribution in [-0.4, -0.2) is 23.1 Å². The first-order valence-corrected chi connectivity index (χ1v) is 8.04. The molecule has 0 saturated carbocycles. The van der Waals surface area contributed by atoms with Gasteiger partial charge in [-0.3, -0.25) is 0 Å². The van der Waals surface area contributed by atoms with Crippen LogP contribution in [0.4, 0.5) is 5.95 Å². The molecular formula is C18H21N5. The summed E-state index contributed by atoms with van der Waals surface area (Å²) in [5.74, 6) is 0.853. The van der Waals surface area contributed by atoms with Crippen LogP contribution in [-0.2, 0) is 13.1 Å². The van der Waals surface area contributed by atoms with Gasteiger partial charge < -0.3 is 10.2 Å². The van der Waals surface area contributed by atoms with E-state index in [-0.39, 0.29) is 0 Å². The van der Waals surface area contributed by atoms with E-state index in [2.05, 4.69) is 26.3 Å². The molecule has 0 bridgehead atoms. The molecular weight excluding hydrogens is 286 g/mol. The molecule has 0 unspecified atom stereocenters. The van der Waals surface area contributed by atoms with E-state index in [9.17, 15) is 0 Å². The monoisotopic (exact) mass is 307 g/mol. The van der Waals surface area contributed by atoms with Crippen molar-refractivity contribution in [2.24, 2.45) is 0 Å². The lowest BCUT2D eigenvalue weighted by Crippen LogP contribution is -2.22. The van der Waals surface area contributed by atoms with Crippen molar-refractivity contribution >= 4 is 5.95 Å². The van der Waals surface area contributed by atoms with Crippen LogP contribution in [0, 0.1) is 18.3 Å². The predicted molar refractivity (Wildman–Crippen MR) is 89.9 cm³/mol. The van der Waals surface area contributed by atoms with Gasteiger partial charge in [-0.1, -0.05) is 12.1 Å². The van der Waals surface area contributed by atoms with Crippen molar-refractivity contribution < 1.29 is 0 Å². The highest BCUT2D eigenvalue weighted by atomic mass is 15.3. The molecule has 0 atom stereocenters. The van der Waals surface area contributed by atoms with Crippen molar-refractivity contribution in [2.75, 3.05) is 18.0 Å². The van der Waals surface area contributed by atoms with Crippen LogP contribution in [0.25, 0.3) is 0 Å². The Hall–Kier alpha value is -2.45. The molecule has 1 N–H and O–H groups in total. The average molecular weight is 307 g/mol. The summed E-state index contributed by atoms with van der Waals surface area (Å²) in [6, 6.07) is 11.9. The number of anilines is 1. The number of nitrogens with zero attached hydrogens (tertiary/aromatic N) is 4. The van der Waals surface area contributed by atoms with Gasteiger partial charge in [0.1, 0.15) is 0 Å². The molecule has 1 fully saturated rings. The molecule has 5 nitrogen and oxygen atoms in total. The second-order valence-electron chi connectivity index (χ2n) is 5.91. The highest BCUT2D eigenvalue weighted by Gasteiger charge is 2.15. The molecule has 2 aromatic rings. The van der Waals surface area contributed by atoms with E-state index in [0.29, 0.717) is 12.1 Å². The third kappa shape index (κ3) is 4.05. The standard InChI is InChI=1S/C18H21N5/c1-14-9-17(22-18(21-14)23-7-2-3-8-23)13-20-12-16-6-4-5-15(10-16)11-19/h4-6,9-10,20H,2-3,7-8,12-13H2,1H3. The lowest BCUT2D eigenvalue weighted by molar-refractivity contribution is 0.674. The molecule has 1 aliphatic heterocycles. The summed E-state index contributed by atoms with van der Waals surface area (Å²) in [6.45, 7) is 5.54. The molecule has 3 rings (SSSR count). The largest absolute Gasteiger partial charge is 0.341 e. The van der Waals surface area contributed by atoms with Crippen LogP contribution in [0.3, 0.4) is 0 Å². The second kappa shape index (κ2) is 7.21. The Morgan fingerprint density at radius 3 is 2.78 bits per heavy atom. The zero-order valence-electron chi connectivity index (χ0n) is 13.4. The Kier molecular flexibility index (Phi) is 4.84. The molecule has 0 spiro atoms. The van der Waals surface area contributed by atoms with Crippen LogP contribution in [0.15, 0.2) is 30.3 Å². The van der Waals surface area contributed by atoms with Crippen molar-refractivity contribution in [2.45, 2.75) is 32.9 Å². The normalized spacial score (nSPS) is 14.0. The lowest BCUT2D eigenvalue weighted by atomic mass is 10.1. The summed E-state index contributed by atoms with van der Waals surface area (Å²) in [5.41, 5.74) is 3.81. The Morgan fingerprint density at radius 2 is 2.00 bits per heavy atom. The van der Waals surface area contributed by atoms with E-state index >= 15 is 0 Å². The molecule has 0 aliphatic carbocycles. The fourth-order valence-electron chi connectivity index (χ4n) is 2.85. The Bertz CT molecular complexity index is 714. The van der Waals surface area contributed by atoms with Crippen molar-refractivity contribution in [3.63, 3.8) is 0 Å². The first-order chi connectivity index (χ1) is 11.2. The summed E-state index contributed by atoms with van der Waals surface area (Å²) in [7, 11) is 0. The topological polar surface area (TPSA) is 64.8 Å². The zero-order valence-corrected chi connectivity index (χ0v) is 13.4. The van der Waals surface area contributed by atoms with Gasteiger partial charge in [-0.25, -0.2) is 9.97 Å².